The number of sulfone groups is 1. The molecule has 0 unspecified atom stereocenters. The van der Waals surface area contributed by atoms with E-state index >= 15 is 0 Å². The van der Waals surface area contributed by atoms with Crippen molar-refractivity contribution in [3.63, 3.8) is 0 Å². The Hall–Kier alpha value is -1.94. The van der Waals surface area contributed by atoms with Gasteiger partial charge in [-0.15, -0.1) is 0 Å². The molecule has 1 saturated carbocycles. The predicted octanol–water partition coefficient (Wildman–Crippen LogP) is 4.22. The first-order valence-electron chi connectivity index (χ1n) is 7.23. The maximum Gasteiger partial charge on any atom is 0.175 e. The lowest BCUT2D eigenvalue weighted by atomic mass is 9.82. The van der Waals surface area contributed by atoms with Crippen molar-refractivity contribution in [2.24, 2.45) is 0 Å². The van der Waals surface area contributed by atoms with Gasteiger partial charge in [0, 0.05) is 6.26 Å². The van der Waals surface area contributed by atoms with E-state index in [9.17, 15) is 12.8 Å². The highest BCUT2D eigenvalue weighted by Gasteiger charge is 2.18. The van der Waals surface area contributed by atoms with Crippen LogP contribution >= 0.6 is 0 Å². The largest absolute Gasteiger partial charge is 0.224 e. The molecule has 4 heteroatoms. The third-order valence-corrected chi connectivity index (χ3v) is 5.14. The molecule has 3 rings (SSSR count). The summed E-state index contributed by atoms with van der Waals surface area (Å²) in [7, 11) is -3.19. The van der Waals surface area contributed by atoms with Crippen LogP contribution in [0.4, 0.5) is 4.39 Å². The van der Waals surface area contributed by atoms with E-state index in [0.717, 1.165) is 29.5 Å². The zero-order chi connectivity index (χ0) is 15.7. The van der Waals surface area contributed by atoms with E-state index in [1.54, 1.807) is 24.3 Å². The van der Waals surface area contributed by atoms with Gasteiger partial charge < -0.3 is 0 Å². The molecule has 0 aromatic heterocycles. The lowest BCUT2D eigenvalue weighted by Crippen LogP contribution is -2.04. The number of halogens is 1. The second-order valence-electron chi connectivity index (χ2n) is 5.64. The minimum Gasteiger partial charge on any atom is -0.224 e. The number of hydrogen-bond donors (Lipinski definition) is 0. The molecule has 1 aliphatic rings. The normalized spacial score (nSPS) is 14.5. The van der Waals surface area contributed by atoms with Crippen LogP contribution in [0.3, 0.4) is 0 Å². The van der Waals surface area contributed by atoms with E-state index < -0.39 is 9.84 Å². The van der Waals surface area contributed by atoms with E-state index in [1.165, 1.54) is 30.4 Å². The summed E-state index contributed by atoms with van der Waals surface area (Å²) in [5.74, 6) is -0.255. The van der Waals surface area contributed by atoms with Crippen LogP contribution in [0.5, 0.6) is 0 Å². The van der Waals surface area contributed by atoms with Gasteiger partial charge in [-0.25, -0.2) is 12.8 Å². The summed E-state index contributed by atoms with van der Waals surface area (Å²) in [6, 6.07) is 13.4. The predicted molar refractivity (Wildman–Crippen MR) is 85.8 cm³/mol. The van der Waals surface area contributed by atoms with Gasteiger partial charge in [0.1, 0.15) is 5.82 Å². The second-order valence-corrected chi connectivity index (χ2v) is 7.65. The molecule has 0 radical (unpaired) electrons. The van der Waals surface area contributed by atoms with Gasteiger partial charge in [-0.3, -0.25) is 0 Å². The minimum atomic E-state index is -3.19. The average Bonchev–Trinajstić information content (AvgIpc) is 2.43. The fourth-order valence-electron chi connectivity index (χ4n) is 2.66. The number of benzene rings is 2. The molecule has 2 aromatic rings. The van der Waals surface area contributed by atoms with Gasteiger partial charge in [0.2, 0.25) is 0 Å². The van der Waals surface area contributed by atoms with Crippen molar-refractivity contribution in [2.75, 3.05) is 6.26 Å². The summed E-state index contributed by atoms with van der Waals surface area (Å²) in [6.45, 7) is 0. The molecule has 0 heterocycles. The topological polar surface area (TPSA) is 34.1 Å². The SMILES string of the molecule is CS(=O)(=O)c1ccc(C(=C2CCC2)c2ccc(F)cc2)cc1. The van der Waals surface area contributed by atoms with Crippen LogP contribution in [0.25, 0.3) is 5.57 Å². The highest BCUT2D eigenvalue weighted by Crippen LogP contribution is 2.37. The Morgan fingerprint density at radius 1 is 0.909 bits per heavy atom. The Bertz CT molecular complexity index is 810. The lowest BCUT2D eigenvalue weighted by molar-refractivity contribution is 0.602. The van der Waals surface area contributed by atoms with Crippen LogP contribution in [0.15, 0.2) is 59.0 Å². The highest BCUT2D eigenvalue weighted by atomic mass is 32.2. The Morgan fingerprint density at radius 2 is 1.41 bits per heavy atom. The summed E-state index contributed by atoms with van der Waals surface area (Å²) >= 11 is 0. The molecule has 0 N–H and O–H groups in total. The monoisotopic (exact) mass is 316 g/mol. The molecule has 1 aliphatic carbocycles. The first-order chi connectivity index (χ1) is 10.4. The lowest BCUT2D eigenvalue weighted by Gasteiger charge is -2.23. The summed E-state index contributed by atoms with van der Waals surface area (Å²) in [5, 5.41) is 0. The average molecular weight is 316 g/mol. The van der Waals surface area contributed by atoms with Gasteiger partial charge in [-0.05, 0) is 60.2 Å². The Morgan fingerprint density at radius 3 is 1.82 bits per heavy atom. The molecule has 0 spiro atoms. The third kappa shape index (κ3) is 2.97. The van der Waals surface area contributed by atoms with Crippen molar-refractivity contribution in [1.82, 2.24) is 0 Å². The van der Waals surface area contributed by atoms with Crippen LogP contribution < -0.4 is 0 Å². The van der Waals surface area contributed by atoms with Crippen LogP contribution in [0.1, 0.15) is 30.4 Å². The van der Waals surface area contributed by atoms with Crippen molar-refractivity contribution < 1.29 is 12.8 Å². The molecule has 2 aromatic carbocycles. The summed E-state index contributed by atoms with van der Waals surface area (Å²) in [6.07, 6.45) is 4.45. The van der Waals surface area contributed by atoms with Crippen LogP contribution in [0, 0.1) is 5.82 Å². The Balaban J connectivity index is 2.06. The molecule has 114 valence electrons. The van der Waals surface area contributed by atoms with Gasteiger partial charge >= 0.3 is 0 Å². The Labute approximate surface area is 130 Å². The Kier molecular flexibility index (Phi) is 3.87. The number of allylic oxidation sites excluding steroid dienone is 1. The van der Waals surface area contributed by atoms with Gasteiger partial charge in [-0.1, -0.05) is 29.8 Å². The summed E-state index contributed by atoms with van der Waals surface area (Å²) < 4.78 is 36.3. The third-order valence-electron chi connectivity index (χ3n) is 4.01. The standard InChI is InChI=1S/C18H17FO2S/c1-22(20,21)17-11-7-15(8-12-17)18(13-3-2-4-13)14-5-9-16(19)10-6-14/h5-12H,2-4H2,1H3. The van der Waals surface area contributed by atoms with Crippen molar-refractivity contribution >= 4 is 15.4 Å². The zero-order valence-corrected chi connectivity index (χ0v) is 13.2. The van der Waals surface area contributed by atoms with E-state index in [2.05, 4.69) is 0 Å². The maximum absolute atomic E-state index is 13.2. The molecule has 1 fully saturated rings. The van der Waals surface area contributed by atoms with Gasteiger partial charge in [-0.2, -0.15) is 0 Å². The molecule has 0 saturated heterocycles. The summed E-state index contributed by atoms with van der Waals surface area (Å²) in [5.41, 5.74) is 4.40. The maximum atomic E-state index is 13.2. The molecule has 22 heavy (non-hydrogen) atoms. The quantitative estimate of drug-likeness (QED) is 0.850. The van der Waals surface area contributed by atoms with Crippen molar-refractivity contribution in [3.05, 3.63) is 71.0 Å². The molecule has 0 atom stereocenters. The molecule has 0 aliphatic heterocycles. The van der Waals surface area contributed by atoms with Gasteiger partial charge in [0.05, 0.1) is 4.90 Å². The van der Waals surface area contributed by atoms with Crippen molar-refractivity contribution in [2.45, 2.75) is 24.2 Å². The minimum absolute atomic E-state index is 0.255. The van der Waals surface area contributed by atoms with Crippen LogP contribution in [0.2, 0.25) is 0 Å². The van der Waals surface area contributed by atoms with E-state index in [-0.39, 0.29) is 5.82 Å². The van der Waals surface area contributed by atoms with Crippen molar-refractivity contribution in [1.29, 1.82) is 0 Å². The number of hydrogen-bond acceptors (Lipinski definition) is 2. The smallest absolute Gasteiger partial charge is 0.175 e. The second kappa shape index (κ2) is 5.69. The first kappa shape index (κ1) is 15.0. The molecular weight excluding hydrogens is 299 g/mol. The van der Waals surface area contributed by atoms with Crippen molar-refractivity contribution in [3.8, 4) is 0 Å². The fraction of sp³-hybridized carbons (Fsp3) is 0.222. The van der Waals surface area contributed by atoms with Crippen LogP contribution in [-0.4, -0.2) is 14.7 Å². The van der Waals surface area contributed by atoms with Gasteiger partial charge in [0.15, 0.2) is 9.84 Å². The van der Waals surface area contributed by atoms with E-state index in [1.807, 2.05) is 12.1 Å². The van der Waals surface area contributed by atoms with Crippen LogP contribution in [-0.2, 0) is 9.84 Å². The first-order valence-corrected chi connectivity index (χ1v) is 9.13. The number of rotatable bonds is 3. The van der Waals surface area contributed by atoms with Gasteiger partial charge in [0.25, 0.3) is 0 Å². The molecular formula is C18H17FO2S. The van der Waals surface area contributed by atoms with E-state index in [4.69, 9.17) is 0 Å². The fourth-order valence-corrected chi connectivity index (χ4v) is 3.29. The molecule has 0 amide bonds. The van der Waals surface area contributed by atoms with E-state index in [0.29, 0.717) is 4.90 Å². The highest BCUT2D eigenvalue weighted by molar-refractivity contribution is 7.90. The molecule has 0 bridgehead atoms. The summed E-state index contributed by atoms with van der Waals surface area (Å²) in [4.78, 5) is 0.313. The molecule has 2 nitrogen and oxygen atoms in total. The zero-order valence-electron chi connectivity index (χ0n) is 12.3.